The minimum atomic E-state index is -1.36. The monoisotopic (exact) mass is 369 g/mol. The molecule has 26 heavy (non-hydrogen) atoms. The number of hydrogen-bond acceptors (Lipinski definition) is 7. The number of aliphatic carboxylic acids is 1. The molecule has 2 amide bonds. The van der Waals surface area contributed by atoms with Crippen LogP contribution in [0.2, 0.25) is 0 Å². The summed E-state index contributed by atoms with van der Waals surface area (Å²) < 4.78 is 10.1. The number of carbonyl (C=O) groups is 5. The number of ether oxygens (including phenoxy) is 2. The van der Waals surface area contributed by atoms with Crippen molar-refractivity contribution in [2.75, 3.05) is 6.54 Å². The van der Waals surface area contributed by atoms with Crippen LogP contribution in [0.4, 0.5) is 0 Å². The zero-order valence-corrected chi connectivity index (χ0v) is 15.0. The Balaban J connectivity index is 2.56. The zero-order chi connectivity index (χ0) is 19.9. The SMILES string of the molecule is CC(C)(C)OC(=O)C(CCCCN1C(=O)C=CC1=O)OC(=O)CC(=O)O. The van der Waals surface area contributed by atoms with E-state index in [-0.39, 0.29) is 13.0 Å². The minimum Gasteiger partial charge on any atom is -0.481 e. The number of carbonyl (C=O) groups excluding carboxylic acids is 4. The van der Waals surface area contributed by atoms with Gasteiger partial charge in [0.25, 0.3) is 11.8 Å². The molecule has 0 bridgehead atoms. The molecule has 9 nitrogen and oxygen atoms in total. The van der Waals surface area contributed by atoms with Crippen LogP contribution in [-0.4, -0.2) is 58.0 Å². The van der Waals surface area contributed by atoms with Crippen LogP contribution in [0.25, 0.3) is 0 Å². The van der Waals surface area contributed by atoms with Crippen molar-refractivity contribution in [1.82, 2.24) is 4.90 Å². The second kappa shape index (κ2) is 9.12. The van der Waals surface area contributed by atoms with Crippen LogP contribution in [-0.2, 0) is 33.4 Å². The van der Waals surface area contributed by atoms with Crippen molar-refractivity contribution >= 4 is 29.7 Å². The van der Waals surface area contributed by atoms with Gasteiger partial charge < -0.3 is 14.6 Å². The molecule has 1 aliphatic heterocycles. The van der Waals surface area contributed by atoms with Crippen LogP contribution in [0.15, 0.2) is 12.2 Å². The van der Waals surface area contributed by atoms with Gasteiger partial charge >= 0.3 is 17.9 Å². The fraction of sp³-hybridized carbons (Fsp3) is 0.588. The van der Waals surface area contributed by atoms with E-state index >= 15 is 0 Å². The molecule has 1 unspecified atom stereocenters. The topological polar surface area (TPSA) is 127 Å². The first-order chi connectivity index (χ1) is 12.0. The van der Waals surface area contributed by atoms with Crippen LogP contribution in [0.5, 0.6) is 0 Å². The van der Waals surface area contributed by atoms with Crippen LogP contribution in [0, 0.1) is 0 Å². The molecular formula is C17H23NO8. The molecule has 0 spiro atoms. The second-order valence-electron chi connectivity index (χ2n) is 6.74. The third-order valence-electron chi connectivity index (χ3n) is 3.24. The number of rotatable bonds is 9. The number of hydrogen-bond donors (Lipinski definition) is 1. The van der Waals surface area contributed by atoms with Gasteiger partial charge in [-0.3, -0.25) is 24.1 Å². The standard InChI is InChI=1S/C17H23NO8/c1-17(2,3)26-16(24)11(25-15(23)10-14(21)22)6-4-5-9-18-12(19)7-8-13(18)20/h7-8,11H,4-6,9-10H2,1-3H3,(H,21,22). The van der Waals surface area contributed by atoms with Crippen molar-refractivity contribution < 1.29 is 38.6 Å². The molecule has 0 aromatic heterocycles. The Labute approximate surface area is 150 Å². The summed E-state index contributed by atoms with van der Waals surface area (Å²) >= 11 is 0. The molecule has 1 atom stereocenters. The number of imide groups is 1. The molecule has 1 heterocycles. The first kappa shape index (κ1) is 21.3. The van der Waals surface area contributed by atoms with Gasteiger partial charge in [-0.15, -0.1) is 0 Å². The minimum absolute atomic E-state index is 0.0872. The first-order valence-corrected chi connectivity index (χ1v) is 8.17. The van der Waals surface area contributed by atoms with E-state index in [1.807, 2.05) is 0 Å². The lowest BCUT2D eigenvalue weighted by molar-refractivity contribution is -0.177. The Morgan fingerprint density at radius 1 is 1.12 bits per heavy atom. The Hall–Kier alpha value is -2.71. The molecule has 144 valence electrons. The largest absolute Gasteiger partial charge is 0.481 e. The molecule has 1 rings (SSSR count). The summed E-state index contributed by atoms with van der Waals surface area (Å²) in [5, 5.41) is 8.61. The lowest BCUT2D eigenvalue weighted by Gasteiger charge is -2.24. The predicted octanol–water partition coefficient (Wildman–Crippen LogP) is 0.810. The maximum absolute atomic E-state index is 12.2. The Bertz CT molecular complexity index is 599. The van der Waals surface area contributed by atoms with E-state index in [0.29, 0.717) is 12.8 Å². The molecule has 0 fully saturated rings. The van der Waals surface area contributed by atoms with Crippen LogP contribution < -0.4 is 0 Å². The number of amides is 2. The molecule has 1 aliphatic rings. The Morgan fingerprint density at radius 2 is 1.69 bits per heavy atom. The quantitative estimate of drug-likeness (QED) is 0.274. The van der Waals surface area contributed by atoms with Gasteiger partial charge in [0.1, 0.15) is 12.0 Å². The van der Waals surface area contributed by atoms with Gasteiger partial charge in [-0.25, -0.2) is 4.79 Å². The third-order valence-corrected chi connectivity index (χ3v) is 3.24. The highest BCUT2D eigenvalue weighted by Crippen LogP contribution is 2.15. The van der Waals surface area contributed by atoms with Crippen molar-refractivity contribution in [2.45, 2.75) is 58.2 Å². The van der Waals surface area contributed by atoms with Crippen molar-refractivity contribution in [3.05, 3.63) is 12.2 Å². The fourth-order valence-electron chi connectivity index (χ4n) is 2.17. The smallest absolute Gasteiger partial charge is 0.347 e. The lowest BCUT2D eigenvalue weighted by atomic mass is 10.1. The maximum atomic E-state index is 12.2. The predicted molar refractivity (Wildman–Crippen MR) is 87.7 cm³/mol. The van der Waals surface area contributed by atoms with E-state index in [0.717, 1.165) is 4.90 Å². The Morgan fingerprint density at radius 3 is 2.19 bits per heavy atom. The molecule has 1 N–H and O–H groups in total. The van der Waals surface area contributed by atoms with Gasteiger partial charge in [-0.1, -0.05) is 0 Å². The summed E-state index contributed by atoms with van der Waals surface area (Å²) in [6.45, 7) is 5.13. The molecule has 9 heteroatoms. The molecule has 0 radical (unpaired) electrons. The van der Waals surface area contributed by atoms with Crippen molar-refractivity contribution in [3.63, 3.8) is 0 Å². The lowest BCUT2D eigenvalue weighted by Crippen LogP contribution is -2.35. The van der Waals surface area contributed by atoms with Crippen LogP contribution in [0.3, 0.4) is 0 Å². The highest BCUT2D eigenvalue weighted by molar-refractivity contribution is 6.12. The fourth-order valence-corrected chi connectivity index (χ4v) is 2.17. The van der Waals surface area contributed by atoms with E-state index in [9.17, 15) is 24.0 Å². The van der Waals surface area contributed by atoms with E-state index in [1.54, 1.807) is 20.8 Å². The first-order valence-electron chi connectivity index (χ1n) is 8.17. The summed E-state index contributed by atoms with van der Waals surface area (Å²) in [5.74, 6) is -3.97. The van der Waals surface area contributed by atoms with Gasteiger partial charge in [-0.05, 0) is 40.0 Å². The number of carboxylic acid groups (broad SMARTS) is 1. The van der Waals surface area contributed by atoms with Crippen LogP contribution in [0.1, 0.15) is 46.5 Å². The van der Waals surface area contributed by atoms with Gasteiger partial charge in [0.15, 0.2) is 6.10 Å². The van der Waals surface area contributed by atoms with Gasteiger partial charge in [0.05, 0.1) is 0 Å². The number of carboxylic acids is 1. The van der Waals surface area contributed by atoms with Gasteiger partial charge in [0, 0.05) is 18.7 Å². The summed E-state index contributed by atoms with van der Waals surface area (Å²) in [6.07, 6.45) is 1.10. The average Bonchev–Trinajstić information content (AvgIpc) is 2.79. The van der Waals surface area contributed by atoms with Crippen molar-refractivity contribution in [2.24, 2.45) is 0 Å². The van der Waals surface area contributed by atoms with E-state index in [1.165, 1.54) is 12.2 Å². The molecule has 0 saturated heterocycles. The second-order valence-corrected chi connectivity index (χ2v) is 6.74. The molecule has 0 aliphatic carbocycles. The van der Waals surface area contributed by atoms with Crippen molar-refractivity contribution in [1.29, 1.82) is 0 Å². The molecule has 0 aromatic carbocycles. The van der Waals surface area contributed by atoms with Crippen LogP contribution >= 0.6 is 0 Å². The number of nitrogens with zero attached hydrogens (tertiary/aromatic N) is 1. The highest BCUT2D eigenvalue weighted by atomic mass is 16.6. The summed E-state index contributed by atoms with van der Waals surface area (Å²) in [6, 6.07) is 0. The molecule has 0 aromatic rings. The molecule has 0 saturated carbocycles. The summed E-state index contributed by atoms with van der Waals surface area (Å²) in [4.78, 5) is 58.2. The highest BCUT2D eigenvalue weighted by Gasteiger charge is 2.29. The van der Waals surface area contributed by atoms with E-state index in [2.05, 4.69) is 0 Å². The number of esters is 2. The van der Waals surface area contributed by atoms with Gasteiger partial charge in [0.2, 0.25) is 0 Å². The maximum Gasteiger partial charge on any atom is 0.347 e. The van der Waals surface area contributed by atoms with E-state index < -0.39 is 47.8 Å². The normalized spacial score (nSPS) is 15.1. The van der Waals surface area contributed by atoms with Crippen molar-refractivity contribution in [3.8, 4) is 0 Å². The molecular weight excluding hydrogens is 346 g/mol. The van der Waals surface area contributed by atoms with Gasteiger partial charge in [-0.2, -0.15) is 0 Å². The summed E-state index contributed by atoms with van der Waals surface area (Å²) in [7, 11) is 0. The number of unbranched alkanes of at least 4 members (excludes halogenated alkanes) is 1. The zero-order valence-electron chi connectivity index (χ0n) is 15.0. The van der Waals surface area contributed by atoms with E-state index in [4.69, 9.17) is 14.6 Å². The third kappa shape index (κ3) is 7.45. The Kier molecular flexibility index (Phi) is 7.48. The average molecular weight is 369 g/mol. The summed E-state index contributed by atoms with van der Waals surface area (Å²) in [5.41, 5.74) is -0.797.